The third kappa shape index (κ3) is 2.26. The van der Waals surface area contributed by atoms with Crippen LogP contribution in [0.1, 0.15) is 36.9 Å². The Labute approximate surface area is 134 Å². The molecule has 1 amide bonds. The van der Waals surface area contributed by atoms with Gasteiger partial charge in [-0.1, -0.05) is 0 Å². The summed E-state index contributed by atoms with van der Waals surface area (Å²) in [5.41, 5.74) is 1.80. The summed E-state index contributed by atoms with van der Waals surface area (Å²) in [5.74, 6) is -0.639. The maximum atomic E-state index is 11.7. The van der Waals surface area contributed by atoms with Gasteiger partial charge >= 0.3 is 5.97 Å². The van der Waals surface area contributed by atoms with Crippen LogP contribution in [0.5, 0.6) is 0 Å². The molecule has 0 aromatic carbocycles. The van der Waals surface area contributed by atoms with Gasteiger partial charge in [0.25, 0.3) is 0 Å². The van der Waals surface area contributed by atoms with E-state index in [1.54, 1.807) is 6.33 Å². The first-order valence-electron chi connectivity index (χ1n) is 8.20. The molecule has 0 radical (unpaired) electrons. The minimum atomic E-state index is -0.875. The van der Waals surface area contributed by atoms with Crippen molar-refractivity contribution in [1.29, 1.82) is 0 Å². The number of carbonyl (C=O) groups excluding carboxylic acids is 1. The van der Waals surface area contributed by atoms with Gasteiger partial charge in [0.05, 0.1) is 11.5 Å². The minimum absolute atomic E-state index is 0.0955. The normalized spacial score (nSPS) is 25.5. The summed E-state index contributed by atoms with van der Waals surface area (Å²) in [4.78, 5) is 34.3. The third-order valence-corrected chi connectivity index (χ3v) is 5.55. The van der Waals surface area contributed by atoms with Crippen molar-refractivity contribution < 1.29 is 14.7 Å². The second-order valence-corrected chi connectivity index (χ2v) is 6.76. The largest absolute Gasteiger partial charge is 0.481 e. The molecule has 1 aliphatic carbocycles. The highest BCUT2D eigenvalue weighted by atomic mass is 16.4. The zero-order valence-corrected chi connectivity index (χ0v) is 12.9. The molecule has 3 aliphatic rings. The summed E-state index contributed by atoms with van der Waals surface area (Å²) >= 11 is 0. The average Bonchev–Trinajstić information content (AvgIpc) is 3.12. The van der Waals surface area contributed by atoms with Crippen LogP contribution >= 0.6 is 0 Å². The molecule has 0 saturated carbocycles. The molecular weight excluding hydrogens is 296 g/mol. The lowest BCUT2D eigenvalue weighted by Gasteiger charge is -2.42. The van der Waals surface area contributed by atoms with Crippen molar-refractivity contribution in [2.45, 2.75) is 44.1 Å². The Morgan fingerprint density at radius 2 is 2.09 bits per heavy atom. The standard InChI is InChI=1S/C16H20N4O3/c21-13-8-11(15(22)23)16(19-13)4-6-20(7-5-16)14-10-2-1-3-12(10)17-9-18-14/h9,11H,1-8H2,(H,19,21)(H,22,23)/t11-/m1/s1. The number of aryl methyl sites for hydroxylation is 1. The van der Waals surface area contributed by atoms with Gasteiger partial charge in [-0.15, -0.1) is 0 Å². The first-order valence-corrected chi connectivity index (χ1v) is 8.20. The summed E-state index contributed by atoms with van der Waals surface area (Å²) in [7, 11) is 0. The fourth-order valence-corrected chi connectivity index (χ4v) is 4.33. The van der Waals surface area contributed by atoms with Crippen LogP contribution in [0, 0.1) is 5.92 Å². The predicted molar refractivity (Wildman–Crippen MR) is 82.1 cm³/mol. The van der Waals surface area contributed by atoms with Gasteiger partial charge < -0.3 is 15.3 Å². The average molecular weight is 316 g/mol. The van der Waals surface area contributed by atoms with E-state index in [9.17, 15) is 14.7 Å². The number of carboxylic acid groups (broad SMARTS) is 1. The number of aromatic nitrogens is 2. The van der Waals surface area contributed by atoms with Crippen molar-refractivity contribution in [2.24, 2.45) is 5.92 Å². The SMILES string of the molecule is O=C1C[C@H](C(=O)O)C2(CCN(c3ncnc4c3CCC4)CC2)N1. The molecule has 2 aliphatic heterocycles. The van der Waals surface area contributed by atoms with Gasteiger partial charge in [-0.25, -0.2) is 9.97 Å². The Bertz CT molecular complexity index is 667. The lowest BCUT2D eigenvalue weighted by atomic mass is 9.77. The van der Waals surface area contributed by atoms with Crippen molar-refractivity contribution in [3.05, 3.63) is 17.6 Å². The molecule has 2 N–H and O–H groups in total. The summed E-state index contributed by atoms with van der Waals surface area (Å²) in [6.07, 6.45) is 6.17. The molecule has 1 atom stereocenters. The summed E-state index contributed by atoms with van der Waals surface area (Å²) in [6.45, 7) is 1.43. The number of hydrogen-bond donors (Lipinski definition) is 2. The number of carboxylic acids is 1. The van der Waals surface area contributed by atoms with Gasteiger partial charge in [0.15, 0.2) is 0 Å². The van der Waals surface area contributed by atoms with Crippen LogP contribution in [-0.4, -0.2) is 45.6 Å². The molecule has 4 rings (SSSR count). The van der Waals surface area contributed by atoms with Crippen molar-refractivity contribution in [3.63, 3.8) is 0 Å². The van der Waals surface area contributed by atoms with E-state index < -0.39 is 17.4 Å². The predicted octanol–water partition coefficient (Wildman–Crippen LogP) is 0.525. The zero-order valence-electron chi connectivity index (χ0n) is 12.9. The molecular formula is C16H20N4O3. The second-order valence-electron chi connectivity index (χ2n) is 6.76. The number of amides is 1. The highest BCUT2D eigenvalue weighted by Crippen LogP contribution is 2.39. The van der Waals surface area contributed by atoms with E-state index in [0.29, 0.717) is 25.9 Å². The number of anilines is 1. The summed E-state index contributed by atoms with van der Waals surface area (Å²) < 4.78 is 0. The molecule has 7 heteroatoms. The molecule has 0 bridgehead atoms. The van der Waals surface area contributed by atoms with Crippen LogP contribution in [0.4, 0.5) is 5.82 Å². The van der Waals surface area contributed by atoms with Gasteiger partial charge in [-0.3, -0.25) is 9.59 Å². The highest BCUT2D eigenvalue weighted by Gasteiger charge is 2.51. The molecule has 23 heavy (non-hydrogen) atoms. The van der Waals surface area contributed by atoms with Crippen molar-refractivity contribution >= 4 is 17.7 Å². The highest BCUT2D eigenvalue weighted by molar-refractivity contribution is 5.88. The van der Waals surface area contributed by atoms with Gasteiger partial charge in [-0.05, 0) is 32.1 Å². The molecule has 7 nitrogen and oxygen atoms in total. The Hall–Kier alpha value is -2.18. The number of rotatable bonds is 2. The fraction of sp³-hybridized carbons (Fsp3) is 0.625. The minimum Gasteiger partial charge on any atom is -0.481 e. The topological polar surface area (TPSA) is 95.4 Å². The number of nitrogens with one attached hydrogen (secondary N) is 1. The monoisotopic (exact) mass is 316 g/mol. The third-order valence-electron chi connectivity index (χ3n) is 5.55. The van der Waals surface area contributed by atoms with E-state index in [0.717, 1.165) is 30.8 Å². The van der Waals surface area contributed by atoms with E-state index >= 15 is 0 Å². The Kier molecular flexibility index (Phi) is 3.25. The Morgan fingerprint density at radius 1 is 1.30 bits per heavy atom. The van der Waals surface area contributed by atoms with Crippen LogP contribution in [0.2, 0.25) is 0 Å². The van der Waals surface area contributed by atoms with E-state index in [4.69, 9.17) is 0 Å². The van der Waals surface area contributed by atoms with E-state index in [1.165, 1.54) is 5.56 Å². The van der Waals surface area contributed by atoms with Crippen LogP contribution in [0.15, 0.2) is 6.33 Å². The second kappa shape index (κ2) is 5.18. The van der Waals surface area contributed by atoms with E-state index in [2.05, 4.69) is 20.2 Å². The van der Waals surface area contributed by atoms with Crippen molar-refractivity contribution in [1.82, 2.24) is 15.3 Å². The Balaban J connectivity index is 1.55. The lowest BCUT2D eigenvalue weighted by molar-refractivity contribution is -0.144. The van der Waals surface area contributed by atoms with Crippen LogP contribution in [-0.2, 0) is 22.4 Å². The molecule has 1 aromatic rings. The molecule has 2 fully saturated rings. The first-order chi connectivity index (χ1) is 11.1. The van der Waals surface area contributed by atoms with E-state index in [-0.39, 0.29) is 12.3 Å². The zero-order chi connectivity index (χ0) is 16.0. The Morgan fingerprint density at radius 3 is 2.83 bits per heavy atom. The van der Waals surface area contributed by atoms with Crippen LogP contribution < -0.4 is 10.2 Å². The van der Waals surface area contributed by atoms with Crippen LogP contribution in [0.3, 0.4) is 0 Å². The van der Waals surface area contributed by atoms with E-state index in [1.807, 2.05) is 0 Å². The van der Waals surface area contributed by atoms with Gasteiger partial charge in [0.1, 0.15) is 12.1 Å². The van der Waals surface area contributed by atoms with Crippen molar-refractivity contribution in [3.8, 4) is 0 Å². The smallest absolute Gasteiger partial charge is 0.309 e. The lowest BCUT2D eigenvalue weighted by Crippen LogP contribution is -2.56. The summed E-state index contributed by atoms with van der Waals surface area (Å²) in [5, 5.41) is 12.4. The maximum absolute atomic E-state index is 11.7. The van der Waals surface area contributed by atoms with Gasteiger partial charge in [-0.2, -0.15) is 0 Å². The quantitative estimate of drug-likeness (QED) is 0.826. The fourth-order valence-electron chi connectivity index (χ4n) is 4.33. The molecule has 3 heterocycles. The number of aliphatic carboxylic acids is 1. The number of fused-ring (bicyclic) bond motifs is 1. The number of hydrogen-bond acceptors (Lipinski definition) is 5. The van der Waals surface area contributed by atoms with Gasteiger partial charge in [0, 0.05) is 30.8 Å². The number of piperidine rings is 1. The molecule has 0 unspecified atom stereocenters. The number of nitrogens with zero attached hydrogens (tertiary/aromatic N) is 3. The van der Waals surface area contributed by atoms with Crippen molar-refractivity contribution in [2.75, 3.05) is 18.0 Å². The first kappa shape index (κ1) is 14.4. The molecule has 2 saturated heterocycles. The molecule has 1 spiro atoms. The molecule has 1 aromatic heterocycles. The van der Waals surface area contributed by atoms with Gasteiger partial charge in [0.2, 0.25) is 5.91 Å². The summed E-state index contributed by atoms with van der Waals surface area (Å²) in [6, 6.07) is 0. The molecule has 122 valence electrons. The maximum Gasteiger partial charge on any atom is 0.309 e. The van der Waals surface area contributed by atoms with Crippen LogP contribution in [0.25, 0.3) is 0 Å². The number of carbonyl (C=O) groups is 2.